The number of hydrogen-bond acceptors (Lipinski definition) is 4. The molecule has 3 rings (SSSR count). The number of anilines is 1. The third kappa shape index (κ3) is 2.73. The lowest BCUT2D eigenvalue weighted by Gasteiger charge is -2.39. The van der Waals surface area contributed by atoms with Gasteiger partial charge in [0.25, 0.3) is 11.5 Å². The fourth-order valence-electron chi connectivity index (χ4n) is 2.72. The van der Waals surface area contributed by atoms with E-state index in [0.29, 0.717) is 18.0 Å². The van der Waals surface area contributed by atoms with Gasteiger partial charge in [-0.1, -0.05) is 42.5 Å². The standard InChI is InChI=1S/C19H19NO4/c1-3-23-18(22)19(2)17(21)20(13-14-9-5-4-6-10-14)15-11-7-8-12-16(15)24-19/h4-12H,3,13H2,1-2H3/t19-/m0/s1. The Labute approximate surface area is 140 Å². The van der Waals surface area contributed by atoms with Crippen LogP contribution in [0.5, 0.6) is 5.75 Å². The first kappa shape index (κ1) is 16.1. The van der Waals surface area contributed by atoms with Gasteiger partial charge in [-0.15, -0.1) is 0 Å². The van der Waals surface area contributed by atoms with Crippen LogP contribution in [0.1, 0.15) is 19.4 Å². The van der Waals surface area contributed by atoms with Gasteiger partial charge in [0.1, 0.15) is 5.75 Å². The van der Waals surface area contributed by atoms with Gasteiger partial charge in [-0.25, -0.2) is 4.79 Å². The number of nitrogens with zero attached hydrogens (tertiary/aromatic N) is 1. The molecule has 24 heavy (non-hydrogen) atoms. The van der Waals surface area contributed by atoms with E-state index in [1.807, 2.05) is 36.4 Å². The van der Waals surface area contributed by atoms with Crippen molar-refractivity contribution in [1.29, 1.82) is 0 Å². The summed E-state index contributed by atoms with van der Waals surface area (Å²) in [5.74, 6) is -0.616. The van der Waals surface area contributed by atoms with Crippen LogP contribution in [0.3, 0.4) is 0 Å². The highest BCUT2D eigenvalue weighted by Crippen LogP contribution is 2.38. The number of hydrogen-bond donors (Lipinski definition) is 0. The zero-order chi connectivity index (χ0) is 17.2. The summed E-state index contributed by atoms with van der Waals surface area (Å²) in [6.45, 7) is 3.70. The Morgan fingerprint density at radius 2 is 1.79 bits per heavy atom. The Kier molecular flexibility index (Phi) is 4.25. The van der Waals surface area contributed by atoms with Crippen molar-refractivity contribution in [3.8, 4) is 5.75 Å². The summed E-state index contributed by atoms with van der Waals surface area (Å²) in [7, 11) is 0. The molecule has 0 aliphatic carbocycles. The van der Waals surface area contributed by atoms with Crippen molar-refractivity contribution in [2.24, 2.45) is 0 Å². The normalized spacial score (nSPS) is 19.4. The fourth-order valence-corrected chi connectivity index (χ4v) is 2.72. The fraction of sp³-hybridized carbons (Fsp3) is 0.263. The summed E-state index contributed by atoms with van der Waals surface area (Å²) in [4.78, 5) is 26.9. The molecule has 5 nitrogen and oxygen atoms in total. The molecule has 0 spiro atoms. The summed E-state index contributed by atoms with van der Waals surface area (Å²) in [6, 6.07) is 16.8. The first-order valence-electron chi connectivity index (χ1n) is 7.87. The SMILES string of the molecule is CCOC(=O)[C@@]1(C)Oc2ccccc2N(Cc2ccccc2)C1=O. The molecule has 2 aromatic carbocycles. The van der Waals surface area contributed by atoms with E-state index in [1.54, 1.807) is 30.0 Å². The van der Waals surface area contributed by atoms with Crippen molar-refractivity contribution in [3.63, 3.8) is 0 Å². The minimum atomic E-state index is -1.68. The molecule has 0 aromatic heterocycles. The van der Waals surface area contributed by atoms with Crippen LogP contribution in [0.4, 0.5) is 5.69 Å². The molecule has 1 aliphatic rings. The highest BCUT2D eigenvalue weighted by Gasteiger charge is 2.51. The van der Waals surface area contributed by atoms with E-state index >= 15 is 0 Å². The number of esters is 1. The lowest BCUT2D eigenvalue weighted by molar-refractivity contribution is -0.166. The number of carbonyl (C=O) groups is 2. The van der Waals surface area contributed by atoms with E-state index in [1.165, 1.54) is 6.92 Å². The van der Waals surface area contributed by atoms with Gasteiger partial charge < -0.3 is 14.4 Å². The maximum atomic E-state index is 13.0. The Morgan fingerprint density at radius 3 is 2.50 bits per heavy atom. The maximum Gasteiger partial charge on any atom is 0.360 e. The lowest BCUT2D eigenvalue weighted by Crippen LogP contribution is -2.59. The molecule has 1 amide bonds. The van der Waals surface area contributed by atoms with E-state index in [2.05, 4.69) is 0 Å². The smallest absolute Gasteiger partial charge is 0.360 e. The van der Waals surface area contributed by atoms with E-state index in [9.17, 15) is 9.59 Å². The second-order valence-electron chi connectivity index (χ2n) is 5.70. The number of benzene rings is 2. The van der Waals surface area contributed by atoms with Gasteiger partial charge in [0.05, 0.1) is 18.8 Å². The molecule has 2 aromatic rings. The highest BCUT2D eigenvalue weighted by molar-refractivity contribution is 6.15. The molecular weight excluding hydrogens is 306 g/mol. The van der Waals surface area contributed by atoms with Gasteiger partial charge in [0, 0.05) is 0 Å². The van der Waals surface area contributed by atoms with Crippen LogP contribution in [0.25, 0.3) is 0 Å². The number of amides is 1. The summed E-state index contributed by atoms with van der Waals surface area (Å²) < 4.78 is 10.8. The largest absolute Gasteiger partial charge is 0.464 e. The number of ether oxygens (including phenoxy) is 2. The molecule has 124 valence electrons. The van der Waals surface area contributed by atoms with Crippen LogP contribution in [-0.4, -0.2) is 24.1 Å². The molecule has 0 fully saturated rings. The summed E-state index contributed by atoms with van der Waals surface area (Å²) in [5, 5.41) is 0. The molecule has 0 saturated heterocycles. The molecule has 1 aliphatic heterocycles. The minimum absolute atomic E-state index is 0.186. The van der Waals surface area contributed by atoms with Crippen molar-refractivity contribution in [2.75, 3.05) is 11.5 Å². The lowest BCUT2D eigenvalue weighted by atomic mass is 10.0. The van der Waals surface area contributed by atoms with Crippen molar-refractivity contribution >= 4 is 17.6 Å². The van der Waals surface area contributed by atoms with Crippen LogP contribution < -0.4 is 9.64 Å². The quantitative estimate of drug-likeness (QED) is 0.641. The zero-order valence-electron chi connectivity index (χ0n) is 13.7. The predicted octanol–water partition coefficient (Wildman–Crippen LogP) is 2.93. The Hall–Kier alpha value is -2.82. The third-order valence-corrected chi connectivity index (χ3v) is 3.97. The van der Waals surface area contributed by atoms with E-state index in [0.717, 1.165) is 5.56 Å². The van der Waals surface area contributed by atoms with Crippen LogP contribution in [-0.2, 0) is 20.9 Å². The summed E-state index contributed by atoms with van der Waals surface area (Å²) >= 11 is 0. The van der Waals surface area contributed by atoms with Gasteiger partial charge in [-0.2, -0.15) is 0 Å². The first-order chi connectivity index (χ1) is 11.6. The topological polar surface area (TPSA) is 55.8 Å². The molecule has 0 bridgehead atoms. The number of para-hydroxylation sites is 2. The number of carbonyl (C=O) groups excluding carboxylic acids is 2. The Bertz CT molecular complexity index is 759. The second-order valence-corrected chi connectivity index (χ2v) is 5.70. The molecule has 1 heterocycles. The summed E-state index contributed by atoms with van der Waals surface area (Å²) in [6.07, 6.45) is 0. The second kappa shape index (κ2) is 6.35. The van der Waals surface area contributed by atoms with Crippen LogP contribution in [0, 0.1) is 0 Å². The van der Waals surface area contributed by atoms with E-state index in [-0.39, 0.29) is 6.61 Å². The first-order valence-corrected chi connectivity index (χ1v) is 7.87. The van der Waals surface area contributed by atoms with Gasteiger partial charge in [-0.05, 0) is 31.5 Å². The Morgan fingerprint density at radius 1 is 1.12 bits per heavy atom. The van der Waals surface area contributed by atoms with Crippen molar-refractivity contribution in [1.82, 2.24) is 0 Å². The zero-order valence-corrected chi connectivity index (χ0v) is 13.7. The molecular formula is C19H19NO4. The van der Waals surface area contributed by atoms with Crippen LogP contribution >= 0.6 is 0 Å². The van der Waals surface area contributed by atoms with Gasteiger partial charge in [0.2, 0.25) is 0 Å². The van der Waals surface area contributed by atoms with Crippen molar-refractivity contribution < 1.29 is 19.1 Å². The third-order valence-electron chi connectivity index (χ3n) is 3.97. The maximum absolute atomic E-state index is 13.0. The number of rotatable bonds is 4. The molecule has 1 atom stereocenters. The van der Waals surface area contributed by atoms with Crippen LogP contribution in [0.15, 0.2) is 54.6 Å². The average Bonchev–Trinajstić information content (AvgIpc) is 2.60. The Balaban J connectivity index is 2.02. The van der Waals surface area contributed by atoms with Gasteiger partial charge in [-0.3, -0.25) is 4.79 Å². The molecule has 5 heteroatoms. The minimum Gasteiger partial charge on any atom is -0.464 e. The highest BCUT2D eigenvalue weighted by atomic mass is 16.6. The molecule has 0 unspecified atom stereocenters. The van der Waals surface area contributed by atoms with Gasteiger partial charge in [0.15, 0.2) is 0 Å². The molecule has 0 saturated carbocycles. The van der Waals surface area contributed by atoms with Crippen molar-refractivity contribution in [3.05, 3.63) is 60.2 Å². The molecule has 0 radical (unpaired) electrons. The molecule has 0 N–H and O–H groups in total. The predicted molar refractivity (Wildman–Crippen MR) is 89.7 cm³/mol. The monoisotopic (exact) mass is 325 g/mol. The van der Waals surface area contributed by atoms with Crippen LogP contribution in [0.2, 0.25) is 0 Å². The van der Waals surface area contributed by atoms with E-state index in [4.69, 9.17) is 9.47 Å². The van der Waals surface area contributed by atoms with E-state index < -0.39 is 17.5 Å². The average molecular weight is 325 g/mol. The van der Waals surface area contributed by atoms with Gasteiger partial charge >= 0.3 is 5.97 Å². The van der Waals surface area contributed by atoms with Crippen molar-refractivity contribution in [2.45, 2.75) is 26.0 Å². The summed E-state index contributed by atoms with van der Waals surface area (Å²) in [5.41, 5.74) is -0.0685. The number of fused-ring (bicyclic) bond motifs is 1.